The number of rotatable bonds is 10. The van der Waals surface area contributed by atoms with Gasteiger partial charge < -0.3 is 20.5 Å². The Morgan fingerprint density at radius 1 is 1.28 bits per heavy atom. The van der Waals surface area contributed by atoms with Gasteiger partial charge in [0.25, 0.3) is 0 Å². The van der Waals surface area contributed by atoms with Crippen molar-refractivity contribution >= 4 is 18.3 Å². The lowest BCUT2D eigenvalue weighted by Gasteiger charge is -2.26. The topological polar surface area (TPSA) is 73.6 Å². The van der Waals surface area contributed by atoms with Crippen molar-refractivity contribution in [1.82, 2.24) is 5.32 Å². The Hall–Kier alpha value is -1.46. The molecule has 1 aromatic rings. The van der Waals surface area contributed by atoms with Crippen LogP contribution in [0.3, 0.4) is 0 Å². The maximum atomic E-state index is 12.3. The van der Waals surface area contributed by atoms with Gasteiger partial charge in [-0.3, -0.25) is 4.79 Å². The molecule has 2 atom stereocenters. The molecule has 144 valence electrons. The molecule has 25 heavy (non-hydrogen) atoms. The van der Waals surface area contributed by atoms with Crippen LogP contribution in [0.2, 0.25) is 0 Å². The van der Waals surface area contributed by atoms with Crippen molar-refractivity contribution in [2.24, 2.45) is 5.73 Å². The van der Waals surface area contributed by atoms with Gasteiger partial charge in [0.2, 0.25) is 5.91 Å². The van der Waals surface area contributed by atoms with Crippen molar-refractivity contribution in [3.05, 3.63) is 23.8 Å². The van der Waals surface area contributed by atoms with Gasteiger partial charge in [0, 0.05) is 0 Å². The van der Waals surface area contributed by atoms with E-state index >= 15 is 0 Å². The van der Waals surface area contributed by atoms with Crippen LogP contribution in [0.1, 0.15) is 65.0 Å². The molecule has 0 aliphatic rings. The third kappa shape index (κ3) is 7.12. The van der Waals surface area contributed by atoms with Gasteiger partial charge >= 0.3 is 0 Å². The highest BCUT2D eigenvalue weighted by Crippen LogP contribution is 2.30. The lowest BCUT2D eigenvalue weighted by Crippen LogP contribution is -2.52. The summed E-state index contributed by atoms with van der Waals surface area (Å²) in [6, 6.07) is 5.58. The minimum absolute atomic E-state index is 0. The van der Waals surface area contributed by atoms with Crippen LogP contribution in [-0.2, 0) is 4.79 Å². The second-order valence-electron chi connectivity index (χ2n) is 6.47. The maximum Gasteiger partial charge on any atom is 0.240 e. The Morgan fingerprint density at radius 3 is 2.52 bits per heavy atom. The fourth-order valence-electron chi connectivity index (χ4n) is 2.48. The van der Waals surface area contributed by atoms with E-state index in [1.54, 1.807) is 14.0 Å². The van der Waals surface area contributed by atoms with E-state index in [1.807, 2.05) is 32.0 Å². The molecule has 0 aromatic heterocycles. The monoisotopic (exact) mass is 372 g/mol. The van der Waals surface area contributed by atoms with E-state index in [0.29, 0.717) is 18.8 Å². The summed E-state index contributed by atoms with van der Waals surface area (Å²) < 4.78 is 11.2. The summed E-state index contributed by atoms with van der Waals surface area (Å²) >= 11 is 0. The van der Waals surface area contributed by atoms with Crippen LogP contribution >= 0.6 is 12.4 Å². The molecule has 1 amide bonds. The van der Waals surface area contributed by atoms with Crippen LogP contribution in [0.5, 0.6) is 11.5 Å². The van der Waals surface area contributed by atoms with Crippen LogP contribution in [0, 0.1) is 0 Å². The standard InChI is InChI=1S/C19H32N2O3.ClH/c1-6-8-12-24-16-10-9-15(13-17(16)23-5)14(3)21-18(22)19(4,20)11-7-2;/h9-10,13-14H,6-8,11-12,20H2,1-5H3,(H,21,22);1H. The molecule has 0 aliphatic carbocycles. The summed E-state index contributed by atoms with van der Waals surface area (Å²) in [4.78, 5) is 12.3. The van der Waals surface area contributed by atoms with Crippen molar-refractivity contribution < 1.29 is 14.3 Å². The molecule has 0 saturated carbocycles. The SMILES string of the molecule is CCCCOc1ccc(C(C)NC(=O)C(C)(N)CCC)cc1OC.Cl. The number of halogens is 1. The second kappa shape index (κ2) is 11.2. The van der Waals surface area contributed by atoms with E-state index in [4.69, 9.17) is 15.2 Å². The summed E-state index contributed by atoms with van der Waals surface area (Å²) in [5.74, 6) is 1.26. The first-order valence-electron chi connectivity index (χ1n) is 8.76. The van der Waals surface area contributed by atoms with Gasteiger partial charge in [-0.25, -0.2) is 0 Å². The zero-order valence-electron chi connectivity index (χ0n) is 16.1. The molecule has 5 nitrogen and oxygen atoms in total. The smallest absolute Gasteiger partial charge is 0.240 e. The van der Waals surface area contributed by atoms with Crippen LogP contribution in [0.25, 0.3) is 0 Å². The van der Waals surface area contributed by atoms with Gasteiger partial charge in [0.15, 0.2) is 11.5 Å². The molecule has 1 rings (SSSR count). The lowest BCUT2D eigenvalue weighted by molar-refractivity contribution is -0.126. The number of carbonyl (C=O) groups excluding carboxylic acids is 1. The second-order valence-corrected chi connectivity index (χ2v) is 6.47. The molecular weight excluding hydrogens is 340 g/mol. The minimum atomic E-state index is -0.851. The fourth-order valence-corrected chi connectivity index (χ4v) is 2.48. The van der Waals surface area contributed by atoms with Crippen molar-refractivity contribution in [3.63, 3.8) is 0 Å². The van der Waals surface area contributed by atoms with Crippen molar-refractivity contribution in [2.45, 2.75) is 65.0 Å². The molecule has 0 radical (unpaired) electrons. The predicted molar refractivity (Wildman–Crippen MR) is 105 cm³/mol. The minimum Gasteiger partial charge on any atom is -0.493 e. The van der Waals surface area contributed by atoms with Crippen LogP contribution in [0.15, 0.2) is 18.2 Å². The molecule has 0 heterocycles. The van der Waals surface area contributed by atoms with Crippen molar-refractivity contribution in [1.29, 1.82) is 0 Å². The first kappa shape index (κ1) is 23.5. The normalized spacial score (nSPS) is 14.0. The molecule has 1 aromatic carbocycles. The van der Waals surface area contributed by atoms with Crippen LogP contribution in [0.4, 0.5) is 0 Å². The number of ether oxygens (including phenoxy) is 2. The summed E-state index contributed by atoms with van der Waals surface area (Å²) in [7, 11) is 1.62. The van der Waals surface area contributed by atoms with E-state index in [0.717, 1.165) is 30.6 Å². The third-order valence-corrected chi connectivity index (χ3v) is 4.08. The highest BCUT2D eigenvalue weighted by molar-refractivity contribution is 5.86. The third-order valence-electron chi connectivity index (χ3n) is 4.08. The number of nitrogens with one attached hydrogen (secondary N) is 1. The molecule has 0 spiro atoms. The number of methoxy groups -OCH3 is 1. The molecular formula is C19H33ClN2O3. The van der Waals surface area contributed by atoms with Crippen LogP contribution in [-0.4, -0.2) is 25.2 Å². The first-order valence-corrected chi connectivity index (χ1v) is 8.76. The quantitative estimate of drug-likeness (QED) is 0.609. The molecule has 0 aliphatic heterocycles. The highest BCUT2D eigenvalue weighted by atomic mass is 35.5. The van der Waals surface area contributed by atoms with Crippen molar-refractivity contribution in [2.75, 3.05) is 13.7 Å². The summed E-state index contributed by atoms with van der Waals surface area (Å²) in [5, 5.41) is 2.98. The first-order chi connectivity index (χ1) is 11.4. The van der Waals surface area contributed by atoms with Gasteiger partial charge in [-0.2, -0.15) is 0 Å². The van der Waals surface area contributed by atoms with E-state index in [9.17, 15) is 4.79 Å². The number of carbonyl (C=O) groups is 1. The van der Waals surface area contributed by atoms with Gasteiger partial charge in [0.1, 0.15) is 0 Å². The van der Waals surface area contributed by atoms with E-state index in [-0.39, 0.29) is 24.4 Å². The zero-order chi connectivity index (χ0) is 18.2. The Bertz CT molecular complexity index is 535. The molecule has 0 bridgehead atoms. The average Bonchev–Trinajstić information content (AvgIpc) is 2.55. The summed E-state index contributed by atoms with van der Waals surface area (Å²) in [6.45, 7) is 8.51. The predicted octanol–water partition coefficient (Wildman–Crippen LogP) is 3.99. The van der Waals surface area contributed by atoms with Crippen LogP contribution < -0.4 is 20.5 Å². The van der Waals surface area contributed by atoms with Gasteiger partial charge in [-0.15, -0.1) is 12.4 Å². The fraction of sp³-hybridized carbons (Fsp3) is 0.632. The lowest BCUT2D eigenvalue weighted by atomic mass is 9.95. The molecule has 0 saturated heterocycles. The summed E-state index contributed by atoms with van der Waals surface area (Å²) in [5.41, 5.74) is 6.19. The number of benzene rings is 1. The van der Waals surface area contributed by atoms with E-state index in [1.165, 1.54) is 0 Å². The molecule has 3 N–H and O–H groups in total. The molecule has 0 fully saturated rings. The largest absolute Gasteiger partial charge is 0.493 e. The number of hydrogen-bond donors (Lipinski definition) is 2. The Kier molecular flexibility index (Phi) is 10.6. The highest BCUT2D eigenvalue weighted by Gasteiger charge is 2.28. The maximum absolute atomic E-state index is 12.3. The molecule has 6 heteroatoms. The van der Waals surface area contributed by atoms with E-state index in [2.05, 4.69) is 12.2 Å². The number of hydrogen-bond acceptors (Lipinski definition) is 4. The number of unbranched alkanes of at least 4 members (excludes halogenated alkanes) is 1. The average molecular weight is 373 g/mol. The molecule has 2 unspecified atom stereocenters. The Labute approximate surface area is 158 Å². The summed E-state index contributed by atoms with van der Waals surface area (Å²) in [6.07, 6.45) is 3.61. The van der Waals surface area contributed by atoms with Gasteiger partial charge in [-0.1, -0.05) is 32.8 Å². The zero-order valence-corrected chi connectivity index (χ0v) is 16.9. The Balaban J connectivity index is 0.00000576. The van der Waals surface area contributed by atoms with Crippen molar-refractivity contribution in [3.8, 4) is 11.5 Å². The Morgan fingerprint density at radius 2 is 1.96 bits per heavy atom. The van der Waals surface area contributed by atoms with Gasteiger partial charge in [0.05, 0.1) is 25.3 Å². The number of amides is 1. The number of nitrogens with two attached hydrogens (primary N) is 1. The van der Waals surface area contributed by atoms with E-state index < -0.39 is 5.54 Å². The van der Waals surface area contributed by atoms with Gasteiger partial charge in [-0.05, 0) is 44.4 Å².